The van der Waals surface area contributed by atoms with Crippen LogP contribution in [0.4, 0.5) is 0 Å². The Morgan fingerprint density at radius 3 is 2.71 bits per heavy atom. The summed E-state index contributed by atoms with van der Waals surface area (Å²) in [7, 11) is 0. The molecule has 0 bridgehead atoms. The van der Waals surface area contributed by atoms with Crippen LogP contribution in [0.3, 0.4) is 0 Å². The highest BCUT2D eigenvalue weighted by Gasteiger charge is 2.44. The van der Waals surface area contributed by atoms with E-state index in [4.69, 9.17) is 5.11 Å². The van der Waals surface area contributed by atoms with Gasteiger partial charge in [0, 0.05) is 18.4 Å². The summed E-state index contributed by atoms with van der Waals surface area (Å²) < 4.78 is 0. The van der Waals surface area contributed by atoms with Gasteiger partial charge in [0.15, 0.2) is 5.78 Å². The average molecular weight is 328 g/mol. The number of fused-ring (bicyclic) bond motifs is 4. The zero-order valence-electron chi connectivity index (χ0n) is 15.5. The second-order valence-corrected chi connectivity index (χ2v) is 8.17. The number of rotatable bonds is 1. The summed E-state index contributed by atoms with van der Waals surface area (Å²) in [5, 5.41) is 7.88. The number of carbonyl (C=O) groups is 1. The van der Waals surface area contributed by atoms with Crippen LogP contribution in [0.25, 0.3) is 0 Å². The lowest BCUT2D eigenvalue weighted by Gasteiger charge is -2.46. The van der Waals surface area contributed by atoms with E-state index in [0.29, 0.717) is 12.4 Å². The summed E-state index contributed by atoms with van der Waals surface area (Å²) in [6.45, 7) is 7.06. The second kappa shape index (κ2) is 7.00. The van der Waals surface area contributed by atoms with Gasteiger partial charge in [-0.25, -0.2) is 0 Å². The fourth-order valence-electron chi connectivity index (χ4n) is 5.16. The Labute approximate surface area is 146 Å². The molecule has 0 saturated heterocycles. The van der Waals surface area contributed by atoms with Gasteiger partial charge in [-0.2, -0.15) is 0 Å². The normalized spacial score (nSPS) is 34.4. The Morgan fingerprint density at radius 1 is 1.25 bits per heavy atom. The molecule has 2 heteroatoms. The molecular formula is C22H32O2. The Balaban J connectivity index is 0.000000383. The number of hydrogen-bond acceptors (Lipinski definition) is 2. The summed E-state index contributed by atoms with van der Waals surface area (Å²) in [5.74, 6) is 2.02. The van der Waals surface area contributed by atoms with Crippen LogP contribution in [0, 0.1) is 17.3 Å². The first kappa shape index (κ1) is 17.7. The van der Waals surface area contributed by atoms with Crippen LogP contribution < -0.4 is 0 Å². The molecule has 0 spiro atoms. The maximum atomic E-state index is 11.7. The van der Waals surface area contributed by atoms with E-state index in [2.05, 4.69) is 19.9 Å². The van der Waals surface area contributed by atoms with Gasteiger partial charge in [-0.15, -0.1) is 0 Å². The molecule has 0 aliphatic heterocycles. The molecular weight excluding hydrogens is 296 g/mol. The lowest BCUT2D eigenvalue weighted by molar-refractivity contribution is -0.115. The number of ketones is 1. The molecule has 3 atom stereocenters. The van der Waals surface area contributed by atoms with E-state index >= 15 is 0 Å². The number of aliphatic hydroxyl groups is 1. The summed E-state index contributed by atoms with van der Waals surface area (Å²) in [4.78, 5) is 11.7. The van der Waals surface area contributed by atoms with Gasteiger partial charge in [0.05, 0.1) is 0 Å². The zero-order chi connectivity index (χ0) is 17.3. The molecule has 4 rings (SSSR count). The predicted octanol–water partition coefficient (Wildman–Crippen LogP) is 5.14. The molecule has 0 aromatic rings. The van der Waals surface area contributed by atoms with E-state index in [9.17, 15) is 4.79 Å². The SMILES string of the molecule is CC1CC=C2C3=C(CCC21)C1(C)CCC(=O)C=C1CC3.CCCO. The minimum Gasteiger partial charge on any atom is -0.396 e. The smallest absolute Gasteiger partial charge is 0.155 e. The van der Waals surface area contributed by atoms with Crippen molar-refractivity contribution in [2.45, 2.75) is 72.1 Å². The topological polar surface area (TPSA) is 37.3 Å². The molecule has 2 nitrogen and oxygen atoms in total. The quantitative estimate of drug-likeness (QED) is 0.724. The lowest BCUT2D eigenvalue weighted by Crippen LogP contribution is -2.34. The lowest BCUT2D eigenvalue weighted by atomic mass is 9.58. The maximum Gasteiger partial charge on any atom is 0.155 e. The van der Waals surface area contributed by atoms with Gasteiger partial charge in [0.2, 0.25) is 0 Å². The highest BCUT2D eigenvalue weighted by atomic mass is 16.2. The van der Waals surface area contributed by atoms with Crippen molar-refractivity contribution in [3.8, 4) is 0 Å². The van der Waals surface area contributed by atoms with Crippen LogP contribution >= 0.6 is 0 Å². The van der Waals surface area contributed by atoms with Crippen LogP contribution in [0.2, 0.25) is 0 Å². The van der Waals surface area contributed by atoms with Gasteiger partial charge in [0.25, 0.3) is 0 Å². The van der Waals surface area contributed by atoms with E-state index in [1.54, 1.807) is 16.7 Å². The Morgan fingerprint density at radius 2 is 2.00 bits per heavy atom. The monoisotopic (exact) mass is 328 g/mol. The van der Waals surface area contributed by atoms with Crippen molar-refractivity contribution in [1.82, 2.24) is 0 Å². The molecule has 4 aliphatic rings. The second-order valence-electron chi connectivity index (χ2n) is 8.17. The first-order valence-electron chi connectivity index (χ1n) is 9.79. The number of hydrogen-bond donors (Lipinski definition) is 1. The average Bonchev–Trinajstić information content (AvgIpc) is 2.97. The third kappa shape index (κ3) is 2.94. The van der Waals surface area contributed by atoms with E-state index in [1.165, 1.54) is 31.3 Å². The number of carbonyl (C=O) groups excluding carboxylic acids is 1. The first-order valence-corrected chi connectivity index (χ1v) is 9.79. The molecule has 3 unspecified atom stereocenters. The molecule has 0 heterocycles. The van der Waals surface area contributed by atoms with Crippen molar-refractivity contribution in [2.75, 3.05) is 6.61 Å². The Kier molecular flexibility index (Phi) is 5.15. The third-order valence-electron chi connectivity index (χ3n) is 6.66. The van der Waals surface area contributed by atoms with Crippen LogP contribution in [-0.2, 0) is 4.79 Å². The largest absolute Gasteiger partial charge is 0.396 e. The molecule has 24 heavy (non-hydrogen) atoms. The van der Waals surface area contributed by atoms with Gasteiger partial charge in [0.1, 0.15) is 0 Å². The van der Waals surface area contributed by atoms with Crippen molar-refractivity contribution >= 4 is 5.78 Å². The van der Waals surface area contributed by atoms with Gasteiger partial charge >= 0.3 is 0 Å². The van der Waals surface area contributed by atoms with Gasteiger partial charge in [-0.1, -0.05) is 38.0 Å². The van der Waals surface area contributed by atoms with Crippen molar-refractivity contribution in [2.24, 2.45) is 17.3 Å². The minimum absolute atomic E-state index is 0.207. The highest BCUT2D eigenvalue weighted by Crippen LogP contribution is 2.57. The summed E-state index contributed by atoms with van der Waals surface area (Å²) in [6, 6.07) is 0. The van der Waals surface area contributed by atoms with Gasteiger partial charge < -0.3 is 5.11 Å². The van der Waals surface area contributed by atoms with E-state index in [0.717, 1.165) is 37.5 Å². The van der Waals surface area contributed by atoms with Crippen molar-refractivity contribution < 1.29 is 9.90 Å². The van der Waals surface area contributed by atoms with Gasteiger partial charge in [-0.3, -0.25) is 4.79 Å². The molecule has 4 aliphatic carbocycles. The molecule has 132 valence electrons. The minimum atomic E-state index is 0.207. The standard InChI is InChI=1S/C19H24O.C3H8O/c1-12-3-5-16-15(12)7-8-18-17(16)6-4-13-11-14(20)9-10-19(13,18)2;1-2-3-4/h5,11-12,15H,3-4,6-10H2,1-2H3;4H,2-3H2,1H3. The molecule has 0 saturated carbocycles. The van der Waals surface area contributed by atoms with Crippen LogP contribution in [0.15, 0.2) is 34.4 Å². The van der Waals surface area contributed by atoms with E-state index in [-0.39, 0.29) is 5.41 Å². The number of aliphatic hydroxyl groups excluding tert-OH is 1. The summed E-state index contributed by atoms with van der Waals surface area (Å²) >= 11 is 0. The Hall–Kier alpha value is -1.15. The Bertz CT molecular complexity index is 605. The van der Waals surface area contributed by atoms with Crippen molar-refractivity contribution in [1.29, 1.82) is 0 Å². The first-order chi connectivity index (χ1) is 11.5. The summed E-state index contributed by atoms with van der Waals surface area (Å²) in [6.07, 6.45) is 13.3. The van der Waals surface area contributed by atoms with E-state index in [1.807, 2.05) is 13.0 Å². The van der Waals surface area contributed by atoms with Crippen LogP contribution in [0.5, 0.6) is 0 Å². The molecule has 0 radical (unpaired) electrons. The highest BCUT2D eigenvalue weighted by molar-refractivity contribution is 5.92. The molecule has 0 aromatic carbocycles. The zero-order valence-corrected chi connectivity index (χ0v) is 15.5. The van der Waals surface area contributed by atoms with Crippen molar-refractivity contribution in [3.63, 3.8) is 0 Å². The predicted molar refractivity (Wildman–Crippen MR) is 98.7 cm³/mol. The fourth-order valence-corrected chi connectivity index (χ4v) is 5.16. The van der Waals surface area contributed by atoms with Gasteiger partial charge in [-0.05, 0) is 74.0 Å². The molecule has 0 fully saturated rings. The van der Waals surface area contributed by atoms with Crippen LogP contribution in [0.1, 0.15) is 72.1 Å². The molecule has 0 aromatic heterocycles. The maximum absolute atomic E-state index is 11.7. The van der Waals surface area contributed by atoms with E-state index < -0.39 is 0 Å². The van der Waals surface area contributed by atoms with Crippen LogP contribution in [-0.4, -0.2) is 17.5 Å². The third-order valence-corrected chi connectivity index (χ3v) is 6.66. The fraction of sp³-hybridized carbons (Fsp3) is 0.682. The van der Waals surface area contributed by atoms with Crippen molar-refractivity contribution in [3.05, 3.63) is 34.4 Å². The number of allylic oxidation sites excluding steroid dienone is 6. The molecule has 0 amide bonds. The summed E-state index contributed by atoms with van der Waals surface area (Å²) in [5.41, 5.74) is 6.71. The molecule has 1 N–H and O–H groups in total.